The van der Waals surface area contributed by atoms with Gasteiger partial charge in [-0.25, -0.2) is 14.4 Å². The predicted octanol–water partition coefficient (Wildman–Crippen LogP) is 1.15. The Balaban J connectivity index is 1.71. The normalized spacial score (nSPS) is 44.9. The molecule has 4 fully saturated rings. The Morgan fingerprint density at radius 3 is 2.46 bits per heavy atom. The molecule has 5 aliphatic rings. The van der Waals surface area contributed by atoms with Crippen molar-refractivity contribution in [3.63, 3.8) is 0 Å². The third-order valence-corrected chi connectivity index (χ3v) is 10.3. The molecule has 1 spiro atoms. The number of rotatable bonds is 4. The van der Waals surface area contributed by atoms with Gasteiger partial charge in [0.1, 0.15) is 12.2 Å². The molecule has 2 saturated carbocycles. The van der Waals surface area contributed by atoms with Gasteiger partial charge in [0.25, 0.3) is 0 Å². The maximum atomic E-state index is 13.5. The lowest BCUT2D eigenvalue weighted by molar-refractivity contribution is -0.290. The van der Waals surface area contributed by atoms with Crippen LogP contribution in [-0.4, -0.2) is 82.7 Å². The van der Waals surface area contributed by atoms with E-state index in [9.17, 15) is 34.5 Å². The van der Waals surface area contributed by atoms with Crippen LogP contribution in [0.2, 0.25) is 0 Å². The second kappa shape index (κ2) is 8.87. The van der Waals surface area contributed by atoms with Crippen LogP contribution in [0.1, 0.15) is 47.5 Å². The molecular weight excluding hydrogens is 512 g/mol. The summed E-state index contributed by atoms with van der Waals surface area (Å²) in [4.78, 5) is 52.8. The lowest BCUT2D eigenvalue weighted by atomic mass is 9.38. The molecule has 0 aromatic rings. The van der Waals surface area contributed by atoms with E-state index in [1.54, 1.807) is 20.8 Å². The number of allylic oxidation sites excluding steroid dienone is 3. The first-order valence-electron chi connectivity index (χ1n) is 13.3. The molecule has 2 bridgehead atoms. The van der Waals surface area contributed by atoms with Gasteiger partial charge in [-0.1, -0.05) is 26.3 Å². The van der Waals surface area contributed by atoms with Crippen molar-refractivity contribution < 1.29 is 53.4 Å². The van der Waals surface area contributed by atoms with E-state index in [1.807, 2.05) is 13.8 Å². The molecule has 2 saturated heterocycles. The zero-order valence-corrected chi connectivity index (χ0v) is 22.9. The number of hydrogen-bond donors (Lipinski definition) is 3. The summed E-state index contributed by atoms with van der Waals surface area (Å²) in [6.45, 7) is 8.72. The number of carbonyl (C=O) groups is 4. The fraction of sp³-hybridized carbons (Fsp3) is 0.714. The number of ketones is 1. The lowest BCUT2D eigenvalue weighted by Crippen LogP contribution is -2.79. The first-order chi connectivity index (χ1) is 18.2. The molecule has 0 aromatic heterocycles. The van der Waals surface area contributed by atoms with Gasteiger partial charge in [-0.3, -0.25) is 4.79 Å². The Kier molecular flexibility index (Phi) is 6.32. The molecule has 2 aliphatic heterocycles. The second-order valence-corrected chi connectivity index (χ2v) is 12.3. The molecule has 39 heavy (non-hydrogen) atoms. The fourth-order valence-electron chi connectivity index (χ4n) is 8.37. The van der Waals surface area contributed by atoms with Crippen LogP contribution in [0, 0.1) is 34.5 Å². The summed E-state index contributed by atoms with van der Waals surface area (Å²) < 4.78 is 22.7. The predicted molar refractivity (Wildman–Crippen MR) is 132 cm³/mol. The highest BCUT2D eigenvalue weighted by Crippen LogP contribution is 2.72. The standard InChI is InChI=1S/C28H36O11/c1-11(2)12(3)7-17(30)39-20-22-27-10-37-28(22,25(35)36-6)23(33)19(32)21(27)26(5)9-15(29)18(31)13(4)14(26)8-16(27)38-24(20)34/h7,11,14,16,19-23,31-33H,8-10H2,1-6H3/b12-7+/t14-,16+,19+,20+,21?,22+,23+,26-,27+,28+/m0/s1. The Bertz CT molecular complexity index is 1200. The minimum atomic E-state index is -2.22. The molecule has 11 nitrogen and oxygen atoms in total. The van der Waals surface area contributed by atoms with Gasteiger partial charge in [0.05, 0.1) is 25.7 Å². The number of fused-ring (bicyclic) bond motifs is 2. The van der Waals surface area contributed by atoms with E-state index in [0.717, 1.165) is 7.11 Å². The van der Waals surface area contributed by atoms with Gasteiger partial charge < -0.3 is 34.3 Å². The quantitative estimate of drug-likeness (QED) is 0.262. The Labute approximate surface area is 226 Å². The van der Waals surface area contributed by atoms with E-state index < -0.39 is 82.3 Å². The summed E-state index contributed by atoms with van der Waals surface area (Å²) in [5.74, 6) is -6.26. The molecule has 10 atom stereocenters. The highest BCUT2D eigenvalue weighted by molar-refractivity contribution is 5.95. The van der Waals surface area contributed by atoms with Gasteiger partial charge in [-0.05, 0) is 43.1 Å². The van der Waals surface area contributed by atoms with E-state index in [2.05, 4.69) is 0 Å². The molecule has 3 aliphatic carbocycles. The first-order valence-corrected chi connectivity index (χ1v) is 13.3. The number of ether oxygens (including phenoxy) is 4. The van der Waals surface area contributed by atoms with E-state index in [-0.39, 0.29) is 31.1 Å². The van der Waals surface area contributed by atoms with Gasteiger partial charge in [-0.2, -0.15) is 0 Å². The first kappa shape index (κ1) is 27.8. The van der Waals surface area contributed by atoms with E-state index in [4.69, 9.17) is 18.9 Å². The SMILES string of the molecule is COC(=O)[C@]12OC[C@]34C([C@@H](O)[C@H]1O)[C@@]1(C)CC(=O)C(O)=C(C)[C@@H]1C[C@H]3OC(=O)[C@H](OC(=O)/C=C(\C)C(C)C)[C@@H]24. The molecule has 5 rings (SSSR count). The number of Topliss-reactive ketones (excluding diaryl/α,β-unsaturated/α-hetero) is 1. The third-order valence-electron chi connectivity index (χ3n) is 10.3. The van der Waals surface area contributed by atoms with Gasteiger partial charge in [0, 0.05) is 23.8 Å². The molecular formula is C28H36O11. The van der Waals surface area contributed by atoms with Gasteiger partial charge >= 0.3 is 17.9 Å². The molecule has 3 N–H and O–H groups in total. The van der Waals surface area contributed by atoms with Crippen LogP contribution in [0.3, 0.4) is 0 Å². The van der Waals surface area contributed by atoms with E-state index in [0.29, 0.717) is 11.1 Å². The molecule has 1 unspecified atom stereocenters. The maximum Gasteiger partial charge on any atom is 0.348 e. The van der Waals surface area contributed by atoms with E-state index >= 15 is 0 Å². The summed E-state index contributed by atoms with van der Waals surface area (Å²) >= 11 is 0. The molecule has 11 heteroatoms. The monoisotopic (exact) mass is 548 g/mol. The van der Waals surface area contributed by atoms with Crippen molar-refractivity contribution in [3.8, 4) is 0 Å². The van der Waals surface area contributed by atoms with Crippen molar-refractivity contribution >= 4 is 23.7 Å². The number of aliphatic hydroxyl groups is 3. The summed E-state index contributed by atoms with van der Waals surface area (Å²) in [5, 5.41) is 33.7. The number of carbonyl (C=O) groups excluding carboxylic acids is 4. The van der Waals surface area contributed by atoms with E-state index in [1.165, 1.54) is 6.08 Å². The van der Waals surface area contributed by atoms with Crippen molar-refractivity contribution in [2.45, 2.75) is 77.5 Å². The number of esters is 3. The Morgan fingerprint density at radius 2 is 1.85 bits per heavy atom. The third kappa shape index (κ3) is 3.39. The smallest absolute Gasteiger partial charge is 0.348 e. The van der Waals surface area contributed by atoms with Crippen LogP contribution in [0.5, 0.6) is 0 Å². The van der Waals surface area contributed by atoms with Crippen molar-refractivity contribution in [1.82, 2.24) is 0 Å². The fourth-order valence-corrected chi connectivity index (χ4v) is 8.37. The number of hydrogen-bond acceptors (Lipinski definition) is 11. The van der Waals surface area contributed by atoms with Crippen LogP contribution < -0.4 is 0 Å². The summed E-state index contributed by atoms with van der Waals surface area (Å²) in [7, 11) is 1.10. The zero-order valence-electron chi connectivity index (χ0n) is 22.9. The average Bonchev–Trinajstić information content (AvgIpc) is 3.18. The topological polar surface area (TPSA) is 166 Å². The molecule has 0 aromatic carbocycles. The maximum absolute atomic E-state index is 13.5. The number of aliphatic hydroxyl groups excluding tert-OH is 3. The summed E-state index contributed by atoms with van der Waals surface area (Å²) in [6.07, 6.45) is -4.75. The van der Waals surface area contributed by atoms with Crippen LogP contribution in [0.15, 0.2) is 23.0 Å². The molecule has 2 heterocycles. The average molecular weight is 549 g/mol. The molecule has 0 amide bonds. The molecule has 0 radical (unpaired) electrons. The molecule has 214 valence electrons. The lowest BCUT2D eigenvalue weighted by Gasteiger charge is -2.67. The Morgan fingerprint density at radius 1 is 1.18 bits per heavy atom. The van der Waals surface area contributed by atoms with Gasteiger partial charge in [-0.15, -0.1) is 0 Å². The minimum absolute atomic E-state index is 0.0302. The summed E-state index contributed by atoms with van der Waals surface area (Å²) in [6, 6.07) is 0. The van der Waals surface area contributed by atoms with Gasteiger partial charge in [0.2, 0.25) is 11.7 Å². The number of methoxy groups -OCH3 is 1. The van der Waals surface area contributed by atoms with Crippen LogP contribution in [-0.2, 0) is 38.1 Å². The minimum Gasteiger partial charge on any atom is -0.504 e. The van der Waals surface area contributed by atoms with Gasteiger partial charge in [0.15, 0.2) is 11.5 Å². The van der Waals surface area contributed by atoms with Crippen LogP contribution >= 0.6 is 0 Å². The van der Waals surface area contributed by atoms with Crippen LogP contribution in [0.25, 0.3) is 0 Å². The second-order valence-electron chi connectivity index (χ2n) is 12.3. The van der Waals surface area contributed by atoms with Crippen LogP contribution in [0.4, 0.5) is 0 Å². The Hall–Kier alpha value is -2.76. The van der Waals surface area contributed by atoms with Crippen molar-refractivity contribution in [2.75, 3.05) is 13.7 Å². The van der Waals surface area contributed by atoms with Crippen molar-refractivity contribution in [3.05, 3.63) is 23.0 Å². The zero-order chi connectivity index (χ0) is 28.8. The highest BCUT2D eigenvalue weighted by atomic mass is 16.6. The summed E-state index contributed by atoms with van der Waals surface area (Å²) in [5.41, 5.74) is -3.43. The highest BCUT2D eigenvalue weighted by Gasteiger charge is 2.85. The largest absolute Gasteiger partial charge is 0.504 e. The van der Waals surface area contributed by atoms with Crippen molar-refractivity contribution in [2.24, 2.45) is 34.5 Å². The van der Waals surface area contributed by atoms with Crippen molar-refractivity contribution in [1.29, 1.82) is 0 Å².